The quantitative estimate of drug-likeness (QED) is 0.159. The first kappa shape index (κ1) is 25.7. The molecule has 0 spiro atoms. The lowest BCUT2D eigenvalue weighted by Gasteiger charge is -2.46. The van der Waals surface area contributed by atoms with Crippen LogP contribution in [0, 0.1) is 0 Å². The molecular formula is C14H23NO15S. The van der Waals surface area contributed by atoms with Gasteiger partial charge in [-0.15, -0.1) is 0 Å². The second kappa shape index (κ2) is 9.96. The lowest BCUT2D eigenvalue weighted by atomic mass is 9.95. The molecule has 0 saturated carbocycles. The second-order valence-corrected chi connectivity index (χ2v) is 7.85. The Morgan fingerprint density at radius 2 is 1.65 bits per heavy atom. The normalized spacial score (nSPS) is 41.5. The number of carbonyl (C=O) groups excluding carboxylic acids is 1. The molecule has 2 heterocycles. The molecule has 180 valence electrons. The van der Waals surface area contributed by atoms with Crippen molar-refractivity contribution in [2.45, 2.75) is 68.3 Å². The Hall–Kier alpha value is -1.51. The Morgan fingerprint density at radius 3 is 2.13 bits per heavy atom. The van der Waals surface area contributed by atoms with Crippen molar-refractivity contribution in [2.75, 3.05) is 6.61 Å². The zero-order chi connectivity index (χ0) is 23.7. The average Bonchev–Trinajstić information content (AvgIpc) is 2.64. The van der Waals surface area contributed by atoms with Gasteiger partial charge in [-0.2, -0.15) is 8.42 Å². The Kier molecular flexibility index (Phi) is 8.27. The maximum Gasteiger partial charge on any atom is 0.397 e. The number of aliphatic hydroxyl groups is 5. The Morgan fingerprint density at radius 1 is 1.03 bits per heavy atom. The van der Waals surface area contributed by atoms with Gasteiger partial charge in [0.05, 0.1) is 6.61 Å². The molecule has 0 aromatic carbocycles. The van der Waals surface area contributed by atoms with E-state index in [0.717, 1.165) is 6.92 Å². The fourth-order valence-electron chi connectivity index (χ4n) is 3.19. The van der Waals surface area contributed by atoms with Crippen LogP contribution in [0.2, 0.25) is 0 Å². The smallest absolute Gasteiger partial charge is 0.397 e. The second-order valence-electron chi connectivity index (χ2n) is 6.80. The van der Waals surface area contributed by atoms with Crippen LogP contribution in [0.3, 0.4) is 0 Å². The first-order chi connectivity index (χ1) is 14.3. The Labute approximate surface area is 174 Å². The van der Waals surface area contributed by atoms with Crippen LogP contribution in [0.1, 0.15) is 6.92 Å². The summed E-state index contributed by atoms with van der Waals surface area (Å²) in [6, 6.07) is -1.64. The Balaban J connectivity index is 2.42. The van der Waals surface area contributed by atoms with Crippen LogP contribution >= 0.6 is 0 Å². The number of carbonyl (C=O) groups is 2. The molecular weight excluding hydrogens is 454 g/mol. The van der Waals surface area contributed by atoms with Crippen LogP contribution in [0.15, 0.2) is 0 Å². The maximum atomic E-state index is 11.5. The number of rotatable bonds is 7. The number of hydrogen-bond donors (Lipinski definition) is 8. The lowest BCUT2D eigenvalue weighted by molar-refractivity contribution is -0.334. The van der Waals surface area contributed by atoms with Crippen LogP contribution in [0.4, 0.5) is 0 Å². The zero-order valence-electron chi connectivity index (χ0n) is 15.8. The molecule has 8 N–H and O–H groups in total. The summed E-state index contributed by atoms with van der Waals surface area (Å²) in [5.41, 5.74) is 0. The molecule has 2 saturated heterocycles. The number of carboxylic acid groups (broad SMARTS) is 1. The third-order valence-electron chi connectivity index (χ3n) is 4.55. The van der Waals surface area contributed by atoms with E-state index < -0.39 is 90.2 Å². The van der Waals surface area contributed by atoms with Gasteiger partial charge in [0.25, 0.3) is 0 Å². The van der Waals surface area contributed by atoms with Gasteiger partial charge in [0.2, 0.25) is 5.91 Å². The van der Waals surface area contributed by atoms with E-state index in [9.17, 15) is 43.5 Å². The average molecular weight is 477 g/mol. The molecule has 6 unspecified atom stereocenters. The molecule has 31 heavy (non-hydrogen) atoms. The predicted octanol–water partition coefficient (Wildman–Crippen LogP) is -5.33. The summed E-state index contributed by atoms with van der Waals surface area (Å²) < 4.78 is 51.3. The molecule has 0 aromatic heterocycles. The summed E-state index contributed by atoms with van der Waals surface area (Å²) in [4.78, 5) is 22.8. The molecule has 2 rings (SSSR count). The molecule has 17 heteroatoms. The van der Waals surface area contributed by atoms with Gasteiger partial charge >= 0.3 is 16.4 Å². The van der Waals surface area contributed by atoms with Crippen molar-refractivity contribution in [2.24, 2.45) is 0 Å². The molecule has 0 aliphatic carbocycles. The third kappa shape index (κ3) is 6.05. The zero-order valence-corrected chi connectivity index (χ0v) is 16.6. The number of nitrogens with one attached hydrogen (secondary N) is 1. The van der Waals surface area contributed by atoms with E-state index in [-0.39, 0.29) is 0 Å². The molecule has 0 aromatic rings. The number of aliphatic carboxylic acids is 1. The topological polar surface area (TPSA) is 259 Å². The highest BCUT2D eigenvalue weighted by molar-refractivity contribution is 7.80. The molecule has 2 aliphatic heterocycles. The largest absolute Gasteiger partial charge is 0.479 e. The molecule has 16 nitrogen and oxygen atoms in total. The van der Waals surface area contributed by atoms with Crippen LogP contribution in [-0.4, -0.2) is 123 Å². The van der Waals surface area contributed by atoms with Crippen molar-refractivity contribution >= 4 is 22.3 Å². The molecule has 2 aliphatic rings. The summed E-state index contributed by atoms with van der Waals surface area (Å²) in [6.07, 6.45) is -17.8. The standard InChI is InChI=1S/C14H23NO15S/c1-3(17)15-5-10(9(30-31(24,25)26)4(2-16)27-13(5)23)28-14-8(20)6(18)7(19)11(29-14)12(21)22/h4-11,13-14,16,18-20,23H,2H2,1H3,(H,15,17)(H,21,22)(H,24,25,26)/t4?,5?,6?,7?,8?,9-,10-,11-,13?,14+/m1/s1. The van der Waals surface area contributed by atoms with Crippen molar-refractivity contribution in [3.63, 3.8) is 0 Å². The minimum absolute atomic E-state index is 0.779. The van der Waals surface area contributed by atoms with Crippen LogP contribution in [0.25, 0.3) is 0 Å². The fourth-order valence-corrected chi connectivity index (χ4v) is 3.71. The number of carboxylic acids is 1. The van der Waals surface area contributed by atoms with E-state index >= 15 is 0 Å². The molecule has 10 atom stereocenters. The van der Waals surface area contributed by atoms with Crippen LogP contribution < -0.4 is 5.32 Å². The van der Waals surface area contributed by atoms with Crippen LogP contribution in [-0.2, 0) is 38.4 Å². The number of ether oxygens (including phenoxy) is 3. The van der Waals surface area contributed by atoms with Gasteiger partial charge in [-0.25, -0.2) is 8.98 Å². The monoisotopic (exact) mass is 477 g/mol. The van der Waals surface area contributed by atoms with Crippen molar-refractivity contribution in [1.82, 2.24) is 5.32 Å². The third-order valence-corrected chi connectivity index (χ3v) is 5.02. The molecule has 0 bridgehead atoms. The van der Waals surface area contributed by atoms with E-state index in [0.29, 0.717) is 0 Å². The van der Waals surface area contributed by atoms with Crippen LogP contribution in [0.5, 0.6) is 0 Å². The van der Waals surface area contributed by atoms with Gasteiger partial charge < -0.3 is 50.2 Å². The maximum absolute atomic E-state index is 11.5. The minimum atomic E-state index is -5.22. The predicted molar refractivity (Wildman–Crippen MR) is 91.2 cm³/mol. The van der Waals surface area contributed by atoms with Gasteiger partial charge in [0.1, 0.15) is 42.7 Å². The first-order valence-corrected chi connectivity index (χ1v) is 10.1. The van der Waals surface area contributed by atoms with E-state index in [4.69, 9.17) is 23.9 Å². The highest BCUT2D eigenvalue weighted by Crippen LogP contribution is 2.30. The van der Waals surface area contributed by atoms with E-state index in [1.54, 1.807) is 0 Å². The first-order valence-electron chi connectivity index (χ1n) is 8.72. The van der Waals surface area contributed by atoms with E-state index in [1.807, 2.05) is 0 Å². The molecule has 2 fully saturated rings. The van der Waals surface area contributed by atoms with Gasteiger partial charge in [0.15, 0.2) is 18.7 Å². The number of hydrogen-bond acceptors (Lipinski definition) is 13. The number of aliphatic hydroxyl groups excluding tert-OH is 5. The summed E-state index contributed by atoms with van der Waals surface area (Å²) in [6.45, 7) is 0.0319. The van der Waals surface area contributed by atoms with E-state index in [2.05, 4.69) is 9.50 Å². The van der Waals surface area contributed by atoms with Gasteiger partial charge in [-0.3, -0.25) is 9.35 Å². The van der Waals surface area contributed by atoms with Gasteiger partial charge in [-0.1, -0.05) is 0 Å². The lowest BCUT2D eigenvalue weighted by Crippen LogP contribution is -2.68. The van der Waals surface area contributed by atoms with E-state index in [1.165, 1.54) is 0 Å². The fraction of sp³-hybridized carbons (Fsp3) is 0.857. The minimum Gasteiger partial charge on any atom is -0.479 e. The van der Waals surface area contributed by atoms with Gasteiger partial charge in [0, 0.05) is 6.92 Å². The summed E-state index contributed by atoms with van der Waals surface area (Å²) in [5.74, 6) is -2.52. The van der Waals surface area contributed by atoms with Crippen molar-refractivity contribution in [1.29, 1.82) is 0 Å². The number of amides is 1. The van der Waals surface area contributed by atoms with Crippen molar-refractivity contribution in [3.8, 4) is 0 Å². The molecule has 1 amide bonds. The SMILES string of the molecule is CC(=O)NC1C(O)OC(CO)[C@@H](OS(=O)(=O)O)[C@@H]1O[C@H]1O[C@@H](C(=O)O)C(O)C(O)C1O. The highest BCUT2D eigenvalue weighted by atomic mass is 32.3. The van der Waals surface area contributed by atoms with Crippen molar-refractivity contribution < 1.29 is 71.6 Å². The summed E-state index contributed by atoms with van der Waals surface area (Å²) in [5, 5.41) is 60.6. The van der Waals surface area contributed by atoms with Gasteiger partial charge in [-0.05, 0) is 0 Å². The van der Waals surface area contributed by atoms with Crippen molar-refractivity contribution in [3.05, 3.63) is 0 Å². The molecule has 0 radical (unpaired) electrons. The Bertz CT molecular complexity index is 761. The summed E-state index contributed by atoms with van der Waals surface area (Å²) in [7, 11) is -5.22. The summed E-state index contributed by atoms with van der Waals surface area (Å²) >= 11 is 0. The highest BCUT2D eigenvalue weighted by Gasteiger charge is 2.53.